The van der Waals surface area contributed by atoms with Crippen LogP contribution in [0.4, 0.5) is 17.6 Å². The van der Waals surface area contributed by atoms with Gasteiger partial charge >= 0.3 is 0 Å². The van der Waals surface area contributed by atoms with Crippen LogP contribution in [0, 0.1) is 23.3 Å². The lowest BCUT2D eigenvalue weighted by Gasteiger charge is -1.79. The summed E-state index contributed by atoms with van der Waals surface area (Å²) in [5, 5.41) is 0. The first-order chi connectivity index (χ1) is 4.64. The molecule has 0 aromatic rings. The highest BCUT2D eigenvalue weighted by Crippen LogP contribution is 2.47. The molecule has 2 rings (SSSR count). The van der Waals surface area contributed by atoms with E-state index in [1.54, 1.807) is 0 Å². The Hall–Kier alpha value is -1.06. The molecular weight excluding hydrogens is 148 g/mol. The van der Waals surface area contributed by atoms with E-state index >= 15 is 0 Å². The molecule has 52 valence electrons. The first kappa shape index (κ1) is 5.70. The SMILES string of the molecule is Fc1c(F)c2c(F)c-2c1F. The topological polar surface area (TPSA) is 0 Å². The molecule has 0 amide bonds. The van der Waals surface area contributed by atoms with Crippen molar-refractivity contribution in [2.24, 2.45) is 0 Å². The lowest BCUT2D eigenvalue weighted by molar-refractivity contribution is 0.459. The maximum absolute atomic E-state index is 12.2. The molecule has 2 aliphatic rings. The van der Waals surface area contributed by atoms with E-state index in [9.17, 15) is 17.6 Å². The van der Waals surface area contributed by atoms with Crippen molar-refractivity contribution in [3.8, 4) is 11.1 Å². The van der Waals surface area contributed by atoms with Gasteiger partial charge in [-0.2, -0.15) is 0 Å². The first-order valence-electron chi connectivity index (χ1n) is 2.51. The molecule has 0 bridgehead atoms. The molecule has 0 radical (unpaired) electrons. The molecule has 0 aromatic heterocycles. The van der Waals surface area contributed by atoms with Crippen molar-refractivity contribution >= 4 is 0 Å². The Bertz CT molecular complexity index is 300. The van der Waals surface area contributed by atoms with Crippen LogP contribution in [0.5, 0.6) is 0 Å². The predicted octanol–water partition coefficient (Wildman–Crippen LogP) is 2.22. The number of rotatable bonds is 0. The van der Waals surface area contributed by atoms with Gasteiger partial charge in [-0.1, -0.05) is 0 Å². The number of hydrogen-bond acceptors (Lipinski definition) is 0. The molecule has 0 N–H and O–H groups in total. The van der Waals surface area contributed by atoms with Crippen molar-refractivity contribution in [3.63, 3.8) is 0 Å². The van der Waals surface area contributed by atoms with Crippen LogP contribution in [0.2, 0.25) is 0 Å². The standard InChI is InChI=1S/C6F4/c7-3-1-2(3)5(9)6(10)4(1)8. The fourth-order valence-corrected chi connectivity index (χ4v) is 0.893. The van der Waals surface area contributed by atoms with E-state index in [1.165, 1.54) is 0 Å². The molecule has 0 atom stereocenters. The van der Waals surface area contributed by atoms with Crippen molar-refractivity contribution < 1.29 is 17.6 Å². The van der Waals surface area contributed by atoms with Gasteiger partial charge in [-0.15, -0.1) is 0 Å². The number of halogens is 4. The molecular formula is C6F4. The largest absolute Gasteiger partial charge is 0.205 e. The Morgan fingerprint density at radius 2 is 0.900 bits per heavy atom. The van der Waals surface area contributed by atoms with Gasteiger partial charge in [-0.3, -0.25) is 0 Å². The second-order valence-electron chi connectivity index (χ2n) is 2.01. The van der Waals surface area contributed by atoms with E-state index in [0.717, 1.165) is 0 Å². The minimum absolute atomic E-state index is 0.532. The summed E-state index contributed by atoms with van der Waals surface area (Å²) in [6.07, 6.45) is 0. The summed E-state index contributed by atoms with van der Waals surface area (Å²) < 4.78 is 48.4. The van der Waals surface area contributed by atoms with Crippen molar-refractivity contribution in [2.75, 3.05) is 0 Å². The van der Waals surface area contributed by atoms with Gasteiger partial charge in [0.05, 0.1) is 11.1 Å². The zero-order chi connectivity index (χ0) is 7.46. The maximum atomic E-state index is 12.2. The summed E-state index contributed by atoms with van der Waals surface area (Å²) >= 11 is 0. The molecule has 4 heteroatoms. The molecule has 10 heavy (non-hydrogen) atoms. The lowest BCUT2D eigenvalue weighted by atomic mass is 10.5. The lowest BCUT2D eigenvalue weighted by Crippen LogP contribution is -1.78. The fraction of sp³-hybridized carbons (Fsp3) is 0. The van der Waals surface area contributed by atoms with Gasteiger partial charge in [-0.25, -0.2) is 17.6 Å². The molecule has 0 fully saturated rings. The summed E-state index contributed by atoms with van der Waals surface area (Å²) in [6, 6.07) is 0. The van der Waals surface area contributed by atoms with Gasteiger partial charge < -0.3 is 0 Å². The molecule has 0 aliphatic heterocycles. The quantitative estimate of drug-likeness (QED) is 0.305. The summed E-state index contributed by atoms with van der Waals surface area (Å²) in [5.41, 5.74) is -1.06. The van der Waals surface area contributed by atoms with Crippen molar-refractivity contribution in [1.82, 2.24) is 0 Å². The van der Waals surface area contributed by atoms with Gasteiger partial charge in [0.25, 0.3) is 0 Å². The highest BCUT2D eigenvalue weighted by molar-refractivity contribution is 5.84. The Morgan fingerprint density at radius 1 is 0.500 bits per heavy atom. The van der Waals surface area contributed by atoms with E-state index in [-0.39, 0.29) is 0 Å². The Kier molecular flexibility index (Phi) is 0.760. The number of benzene rings is 1. The minimum atomic E-state index is -1.58. The summed E-state index contributed by atoms with van der Waals surface area (Å²) in [4.78, 5) is 0. The van der Waals surface area contributed by atoms with Gasteiger partial charge in [-0.05, 0) is 0 Å². The third-order valence-electron chi connectivity index (χ3n) is 1.45. The van der Waals surface area contributed by atoms with Gasteiger partial charge in [0.2, 0.25) is 0 Å². The summed E-state index contributed by atoms with van der Waals surface area (Å²) in [5.74, 6) is -5.36. The molecule has 0 spiro atoms. The van der Waals surface area contributed by atoms with Crippen LogP contribution >= 0.6 is 0 Å². The van der Waals surface area contributed by atoms with E-state index in [1.807, 2.05) is 0 Å². The van der Waals surface area contributed by atoms with Crippen molar-refractivity contribution in [2.45, 2.75) is 0 Å². The van der Waals surface area contributed by atoms with E-state index in [0.29, 0.717) is 0 Å². The van der Waals surface area contributed by atoms with Crippen LogP contribution < -0.4 is 0 Å². The van der Waals surface area contributed by atoms with Crippen LogP contribution in [0.3, 0.4) is 0 Å². The number of fused-ring (bicyclic) bond motifs is 1. The van der Waals surface area contributed by atoms with Crippen LogP contribution in [0.25, 0.3) is 11.1 Å². The van der Waals surface area contributed by atoms with E-state index < -0.39 is 34.4 Å². The zero-order valence-corrected chi connectivity index (χ0v) is 4.51. The third-order valence-corrected chi connectivity index (χ3v) is 1.45. The fourth-order valence-electron chi connectivity index (χ4n) is 0.893. The van der Waals surface area contributed by atoms with Crippen molar-refractivity contribution in [3.05, 3.63) is 23.3 Å². The highest BCUT2D eigenvalue weighted by atomic mass is 19.2. The molecule has 0 saturated heterocycles. The molecule has 2 aliphatic carbocycles. The van der Waals surface area contributed by atoms with Crippen molar-refractivity contribution in [1.29, 1.82) is 0 Å². The van der Waals surface area contributed by atoms with Crippen LogP contribution in [0.15, 0.2) is 0 Å². The minimum Gasteiger partial charge on any atom is -0.205 e. The summed E-state index contributed by atoms with van der Waals surface area (Å²) in [6.45, 7) is 0. The van der Waals surface area contributed by atoms with Crippen LogP contribution in [0.1, 0.15) is 0 Å². The number of hydrogen-bond donors (Lipinski definition) is 0. The smallest absolute Gasteiger partial charge is 0.195 e. The molecule has 0 heterocycles. The van der Waals surface area contributed by atoms with E-state index in [4.69, 9.17) is 0 Å². The maximum Gasteiger partial charge on any atom is 0.195 e. The second-order valence-corrected chi connectivity index (χ2v) is 2.01. The predicted molar refractivity (Wildman–Crippen MR) is 25.3 cm³/mol. The van der Waals surface area contributed by atoms with Gasteiger partial charge in [0.15, 0.2) is 17.5 Å². The average molecular weight is 148 g/mol. The Morgan fingerprint density at radius 3 is 1.20 bits per heavy atom. The third kappa shape index (κ3) is 0.394. The van der Waals surface area contributed by atoms with Crippen LogP contribution in [-0.2, 0) is 0 Å². The second kappa shape index (κ2) is 1.33. The molecule has 0 unspecified atom stereocenters. The average Bonchev–Trinajstić information content (AvgIpc) is 2.50. The van der Waals surface area contributed by atoms with Crippen LogP contribution in [-0.4, -0.2) is 0 Å². The zero-order valence-electron chi connectivity index (χ0n) is 4.51. The van der Waals surface area contributed by atoms with E-state index in [2.05, 4.69) is 0 Å². The van der Waals surface area contributed by atoms with Gasteiger partial charge in [0.1, 0.15) is 5.82 Å². The molecule has 0 nitrogen and oxygen atoms in total. The highest BCUT2D eigenvalue weighted by Gasteiger charge is 2.39. The Balaban J connectivity index is 2.76. The van der Waals surface area contributed by atoms with Gasteiger partial charge in [0, 0.05) is 0 Å². The normalized spacial score (nSPS) is 12.0. The molecule has 0 aromatic carbocycles. The molecule has 0 saturated carbocycles. The first-order valence-corrected chi connectivity index (χ1v) is 2.51. The summed E-state index contributed by atoms with van der Waals surface area (Å²) in [7, 11) is 0. The monoisotopic (exact) mass is 148 g/mol. The Labute approximate surface area is 53.1 Å².